The molecule has 5 nitrogen and oxygen atoms in total. The average molecular weight is 399 g/mol. The van der Waals surface area contributed by atoms with Crippen molar-refractivity contribution < 1.29 is 4.74 Å². The zero-order chi connectivity index (χ0) is 20.3. The van der Waals surface area contributed by atoms with Crippen molar-refractivity contribution in [3.63, 3.8) is 0 Å². The molecule has 1 unspecified atom stereocenters. The second-order valence-electron chi connectivity index (χ2n) is 8.14. The number of aryl methyl sites for hydroxylation is 2. The first-order chi connectivity index (χ1) is 14.8. The quantitative estimate of drug-likeness (QED) is 0.621. The van der Waals surface area contributed by atoms with E-state index in [9.17, 15) is 0 Å². The first-order valence-electron chi connectivity index (χ1n) is 10.7. The fourth-order valence-corrected chi connectivity index (χ4v) is 4.30. The number of piperidine rings is 1. The predicted molar refractivity (Wildman–Crippen MR) is 116 cm³/mol. The molecule has 0 bridgehead atoms. The lowest BCUT2D eigenvalue weighted by molar-refractivity contribution is -0.0275. The molecule has 0 spiro atoms. The summed E-state index contributed by atoms with van der Waals surface area (Å²) >= 11 is 0. The van der Waals surface area contributed by atoms with Crippen LogP contribution >= 0.6 is 0 Å². The summed E-state index contributed by atoms with van der Waals surface area (Å²) in [6.45, 7) is 3.05. The normalized spacial score (nSPS) is 19.3. The minimum absolute atomic E-state index is 0.147. The van der Waals surface area contributed by atoms with Gasteiger partial charge in [-0.1, -0.05) is 30.2 Å². The summed E-state index contributed by atoms with van der Waals surface area (Å²) in [5, 5.41) is 0. The molecule has 0 aliphatic carbocycles. The van der Waals surface area contributed by atoms with E-state index in [-0.39, 0.29) is 12.2 Å². The van der Waals surface area contributed by atoms with Crippen molar-refractivity contribution >= 4 is 0 Å². The van der Waals surface area contributed by atoms with Crippen molar-refractivity contribution in [3.8, 4) is 11.8 Å². The minimum Gasteiger partial charge on any atom is -0.362 e. The Morgan fingerprint density at radius 3 is 2.73 bits per heavy atom. The van der Waals surface area contributed by atoms with Crippen molar-refractivity contribution in [1.82, 2.24) is 19.4 Å². The molecule has 152 valence electrons. The molecule has 0 radical (unpaired) electrons. The van der Waals surface area contributed by atoms with E-state index in [4.69, 9.17) is 9.72 Å². The standard InChI is InChI=1S/C25H26N4O/c1-28-14-11-22(12-15-28)30-24-23-7-3-2-6-20(23)10-16-29-18-21(27-25(24)29)9-8-19-5-4-13-26-17-19/h2-7,13,17-18,22,24H,10-12,14-16H2,1H3. The van der Waals surface area contributed by atoms with Gasteiger partial charge in [0.05, 0.1) is 6.10 Å². The third kappa shape index (κ3) is 4.02. The molecule has 1 fully saturated rings. The maximum atomic E-state index is 6.72. The summed E-state index contributed by atoms with van der Waals surface area (Å²) in [5.74, 6) is 7.35. The lowest BCUT2D eigenvalue weighted by Crippen LogP contribution is -2.35. The van der Waals surface area contributed by atoms with E-state index >= 15 is 0 Å². The Labute approximate surface area is 177 Å². The van der Waals surface area contributed by atoms with Gasteiger partial charge in [-0.25, -0.2) is 4.98 Å². The second-order valence-corrected chi connectivity index (χ2v) is 8.14. The molecule has 5 heteroatoms. The van der Waals surface area contributed by atoms with Crippen molar-refractivity contribution in [1.29, 1.82) is 0 Å². The van der Waals surface area contributed by atoms with Crippen LogP contribution in [0.4, 0.5) is 0 Å². The molecule has 0 N–H and O–H groups in total. The molecule has 0 saturated carbocycles. The Hall–Kier alpha value is -2.94. The van der Waals surface area contributed by atoms with Gasteiger partial charge in [0.25, 0.3) is 0 Å². The molecule has 1 aromatic carbocycles. The maximum Gasteiger partial charge on any atom is 0.144 e. The predicted octanol–water partition coefficient (Wildman–Crippen LogP) is 3.43. The van der Waals surface area contributed by atoms with Crippen LogP contribution < -0.4 is 0 Å². The van der Waals surface area contributed by atoms with Gasteiger partial charge in [0.15, 0.2) is 0 Å². The van der Waals surface area contributed by atoms with Crippen LogP contribution in [0.1, 0.15) is 47.2 Å². The molecule has 2 aliphatic heterocycles. The van der Waals surface area contributed by atoms with E-state index in [1.54, 1.807) is 12.4 Å². The number of benzene rings is 1. The maximum absolute atomic E-state index is 6.72. The molecule has 0 amide bonds. The van der Waals surface area contributed by atoms with Gasteiger partial charge in [0, 0.05) is 43.8 Å². The number of hydrogen-bond donors (Lipinski definition) is 0. The molecule has 2 aliphatic rings. The summed E-state index contributed by atoms with van der Waals surface area (Å²) in [6.07, 6.45) is 8.80. The number of imidazole rings is 1. The second kappa shape index (κ2) is 8.43. The Kier molecular flexibility index (Phi) is 5.35. The number of nitrogens with zero attached hydrogens (tertiary/aromatic N) is 4. The highest BCUT2D eigenvalue weighted by atomic mass is 16.5. The van der Waals surface area contributed by atoms with Gasteiger partial charge in [-0.05, 0) is 55.5 Å². The van der Waals surface area contributed by atoms with E-state index in [1.807, 2.05) is 12.1 Å². The summed E-state index contributed by atoms with van der Waals surface area (Å²) in [5.41, 5.74) is 4.27. The minimum atomic E-state index is -0.147. The fraction of sp³-hybridized carbons (Fsp3) is 0.360. The Morgan fingerprint density at radius 1 is 1.03 bits per heavy atom. The number of rotatable bonds is 2. The van der Waals surface area contributed by atoms with E-state index in [0.29, 0.717) is 0 Å². The van der Waals surface area contributed by atoms with E-state index in [2.05, 4.69) is 63.8 Å². The summed E-state index contributed by atoms with van der Waals surface area (Å²) in [4.78, 5) is 11.4. The van der Waals surface area contributed by atoms with Crippen molar-refractivity contribution in [2.45, 2.75) is 38.0 Å². The molecule has 1 saturated heterocycles. The molecular formula is C25H26N4O. The summed E-state index contributed by atoms with van der Waals surface area (Å²) in [6, 6.07) is 12.5. The lowest BCUT2D eigenvalue weighted by atomic mass is 10.00. The third-order valence-electron chi connectivity index (χ3n) is 5.99. The lowest BCUT2D eigenvalue weighted by Gasteiger charge is -2.32. The molecule has 1 atom stereocenters. The van der Waals surface area contributed by atoms with E-state index in [0.717, 1.165) is 56.0 Å². The van der Waals surface area contributed by atoms with Crippen LogP contribution in [0.15, 0.2) is 55.0 Å². The van der Waals surface area contributed by atoms with Gasteiger partial charge in [0.1, 0.15) is 17.6 Å². The highest BCUT2D eigenvalue weighted by molar-refractivity contribution is 5.40. The van der Waals surface area contributed by atoms with Crippen LogP contribution in [0.25, 0.3) is 0 Å². The van der Waals surface area contributed by atoms with E-state index in [1.165, 1.54) is 11.1 Å². The number of ether oxygens (including phenoxy) is 1. The Balaban J connectivity index is 1.48. The largest absolute Gasteiger partial charge is 0.362 e. The van der Waals surface area contributed by atoms with Crippen LogP contribution in [0, 0.1) is 11.8 Å². The number of fused-ring (bicyclic) bond motifs is 2. The van der Waals surface area contributed by atoms with Gasteiger partial charge in [-0.2, -0.15) is 0 Å². The number of aromatic nitrogens is 3. The molecule has 4 heterocycles. The smallest absolute Gasteiger partial charge is 0.144 e. The fourth-order valence-electron chi connectivity index (χ4n) is 4.30. The highest BCUT2D eigenvalue weighted by Crippen LogP contribution is 2.34. The Morgan fingerprint density at radius 2 is 1.90 bits per heavy atom. The van der Waals surface area contributed by atoms with Crippen LogP contribution in [0.5, 0.6) is 0 Å². The van der Waals surface area contributed by atoms with Gasteiger partial charge in [-0.15, -0.1) is 0 Å². The van der Waals surface area contributed by atoms with Crippen LogP contribution in [0.2, 0.25) is 0 Å². The van der Waals surface area contributed by atoms with Crippen molar-refractivity contribution in [2.75, 3.05) is 20.1 Å². The van der Waals surface area contributed by atoms with Gasteiger partial charge in [0.2, 0.25) is 0 Å². The Bertz CT molecular complexity index is 1070. The third-order valence-corrected chi connectivity index (χ3v) is 5.99. The highest BCUT2D eigenvalue weighted by Gasteiger charge is 2.30. The monoisotopic (exact) mass is 398 g/mol. The summed E-state index contributed by atoms with van der Waals surface area (Å²) in [7, 11) is 2.18. The molecule has 5 rings (SSSR count). The molecule has 2 aromatic heterocycles. The van der Waals surface area contributed by atoms with Gasteiger partial charge in [-0.3, -0.25) is 4.98 Å². The molecular weight excluding hydrogens is 372 g/mol. The van der Waals surface area contributed by atoms with E-state index < -0.39 is 0 Å². The average Bonchev–Trinajstić information content (AvgIpc) is 3.14. The van der Waals surface area contributed by atoms with Gasteiger partial charge < -0.3 is 14.2 Å². The number of hydrogen-bond acceptors (Lipinski definition) is 4. The zero-order valence-corrected chi connectivity index (χ0v) is 17.3. The van der Waals surface area contributed by atoms with Crippen LogP contribution in [-0.4, -0.2) is 45.7 Å². The van der Waals surface area contributed by atoms with Gasteiger partial charge >= 0.3 is 0 Å². The van der Waals surface area contributed by atoms with Crippen molar-refractivity contribution in [3.05, 3.63) is 83.2 Å². The topological polar surface area (TPSA) is 43.2 Å². The molecule has 30 heavy (non-hydrogen) atoms. The van der Waals surface area contributed by atoms with Crippen molar-refractivity contribution in [2.24, 2.45) is 0 Å². The zero-order valence-electron chi connectivity index (χ0n) is 17.3. The van der Waals surface area contributed by atoms with Crippen LogP contribution in [0.3, 0.4) is 0 Å². The van der Waals surface area contributed by atoms with Crippen LogP contribution in [-0.2, 0) is 17.7 Å². The molecule has 3 aromatic rings. The first kappa shape index (κ1) is 19.0. The number of likely N-dealkylation sites (tertiary alicyclic amines) is 1. The first-order valence-corrected chi connectivity index (χ1v) is 10.7. The number of pyridine rings is 1. The summed E-state index contributed by atoms with van der Waals surface area (Å²) < 4.78 is 8.95. The SMILES string of the molecule is CN1CCC(OC2c3ccccc3CCn3cc(C#Cc4cccnc4)nc32)CC1.